The van der Waals surface area contributed by atoms with E-state index in [0.29, 0.717) is 5.69 Å². The molecular formula is C18H15N5O6. The largest absolute Gasteiger partial charge is 0.406 e. The molecule has 1 N–H and O–H groups in total. The first kappa shape index (κ1) is 18.5. The molecule has 11 heteroatoms. The molecule has 3 heterocycles. The van der Waals surface area contributed by atoms with E-state index < -0.39 is 5.91 Å². The number of benzene rings is 1. The van der Waals surface area contributed by atoms with Crippen LogP contribution in [0.3, 0.4) is 0 Å². The lowest BCUT2D eigenvalue weighted by Gasteiger charge is -2.14. The average Bonchev–Trinajstić information content (AvgIpc) is 3.38. The fourth-order valence-electron chi connectivity index (χ4n) is 3.12. The van der Waals surface area contributed by atoms with Gasteiger partial charge in [-0.05, 0) is 18.2 Å². The third-order valence-electron chi connectivity index (χ3n) is 4.55. The van der Waals surface area contributed by atoms with E-state index in [1.165, 1.54) is 12.1 Å². The number of anilines is 2. The fraction of sp³-hybridized carbons (Fsp3) is 0.278. The second kappa shape index (κ2) is 7.26. The Hall–Kier alpha value is -3.89. The first-order chi connectivity index (χ1) is 13.9. The Bertz CT molecular complexity index is 1010. The summed E-state index contributed by atoms with van der Waals surface area (Å²) in [7, 11) is 0. The SMILES string of the molecule is O=C(Nc1nnc(CN2C(=O)CCC2=O)o1)c1cccc(N2C(=O)CCC2=O)c1. The smallest absolute Gasteiger partial charge is 0.322 e. The van der Waals surface area contributed by atoms with Gasteiger partial charge in [0.05, 0.1) is 5.69 Å². The number of nitrogens with one attached hydrogen (secondary N) is 1. The summed E-state index contributed by atoms with van der Waals surface area (Å²) in [6.45, 7) is -0.158. The lowest BCUT2D eigenvalue weighted by atomic mass is 10.2. The summed E-state index contributed by atoms with van der Waals surface area (Å²) in [5.41, 5.74) is 0.488. The Balaban J connectivity index is 1.45. The van der Waals surface area contributed by atoms with Crippen LogP contribution in [-0.2, 0) is 25.7 Å². The molecule has 0 bridgehead atoms. The maximum atomic E-state index is 12.5. The van der Waals surface area contributed by atoms with Crippen molar-refractivity contribution in [2.24, 2.45) is 0 Å². The minimum absolute atomic E-state index is 0.00547. The lowest BCUT2D eigenvalue weighted by Crippen LogP contribution is -2.28. The van der Waals surface area contributed by atoms with Crippen molar-refractivity contribution in [2.75, 3.05) is 10.2 Å². The van der Waals surface area contributed by atoms with Crippen molar-refractivity contribution in [3.63, 3.8) is 0 Å². The summed E-state index contributed by atoms with van der Waals surface area (Å²) in [6, 6.07) is 5.82. The Labute approximate surface area is 163 Å². The molecule has 2 aliphatic heterocycles. The third-order valence-corrected chi connectivity index (χ3v) is 4.55. The average molecular weight is 397 g/mol. The molecule has 2 aliphatic rings. The van der Waals surface area contributed by atoms with Gasteiger partial charge in [-0.2, -0.15) is 0 Å². The van der Waals surface area contributed by atoms with E-state index in [1.807, 2.05) is 0 Å². The van der Waals surface area contributed by atoms with E-state index in [1.54, 1.807) is 12.1 Å². The van der Waals surface area contributed by atoms with Crippen molar-refractivity contribution in [1.82, 2.24) is 15.1 Å². The molecular weight excluding hydrogens is 382 g/mol. The van der Waals surface area contributed by atoms with Crippen molar-refractivity contribution in [1.29, 1.82) is 0 Å². The van der Waals surface area contributed by atoms with Crippen LogP contribution in [0.15, 0.2) is 28.7 Å². The van der Waals surface area contributed by atoms with Gasteiger partial charge in [-0.1, -0.05) is 11.2 Å². The van der Waals surface area contributed by atoms with Crippen molar-refractivity contribution in [3.05, 3.63) is 35.7 Å². The lowest BCUT2D eigenvalue weighted by molar-refractivity contribution is -0.139. The van der Waals surface area contributed by atoms with E-state index >= 15 is 0 Å². The number of aromatic nitrogens is 2. The Morgan fingerprint density at radius 3 is 2.31 bits per heavy atom. The van der Waals surface area contributed by atoms with Gasteiger partial charge >= 0.3 is 6.01 Å². The van der Waals surface area contributed by atoms with Crippen LogP contribution in [0.4, 0.5) is 11.7 Å². The molecule has 148 valence electrons. The summed E-state index contributed by atoms with van der Waals surface area (Å²) < 4.78 is 5.28. The maximum Gasteiger partial charge on any atom is 0.322 e. The van der Waals surface area contributed by atoms with E-state index in [-0.39, 0.29) is 73.3 Å². The van der Waals surface area contributed by atoms with Crippen LogP contribution >= 0.6 is 0 Å². The zero-order valence-electron chi connectivity index (χ0n) is 15.1. The first-order valence-corrected chi connectivity index (χ1v) is 8.85. The van der Waals surface area contributed by atoms with Crippen LogP contribution in [0.2, 0.25) is 0 Å². The van der Waals surface area contributed by atoms with Gasteiger partial charge < -0.3 is 4.42 Å². The number of hydrogen-bond acceptors (Lipinski definition) is 8. The van der Waals surface area contributed by atoms with Crippen molar-refractivity contribution < 1.29 is 28.4 Å². The normalized spacial score (nSPS) is 16.8. The molecule has 0 radical (unpaired) electrons. The maximum absolute atomic E-state index is 12.5. The standard InChI is InChI=1S/C18H15N5O6/c24-13-4-5-14(25)22(13)9-12-20-21-18(29-12)19-17(28)10-2-1-3-11(8-10)23-15(26)6-7-16(23)27/h1-3,8H,4-7,9H2,(H,19,21,28). The van der Waals surface area contributed by atoms with Crippen LogP contribution < -0.4 is 10.2 Å². The monoisotopic (exact) mass is 397 g/mol. The van der Waals surface area contributed by atoms with Gasteiger partial charge in [-0.25, -0.2) is 0 Å². The molecule has 5 amide bonds. The highest BCUT2D eigenvalue weighted by Gasteiger charge is 2.31. The number of carbonyl (C=O) groups is 5. The van der Waals surface area contributed by atoms with Crippen molar-refractivity contribution in [3.8, 4) is 0 Å². The molecule has 2 fully saturated rings. The Morgan fingerprint density at radius 1 is 0.966 bits per heavy atom. The van der Waals surface area contributed by atoms with Gasteiger partial charge in [0.1, 0.15) is 6.54 Å². The predicted molar refractivity (Wildman–Crippen MR) is 95.2 cm³/mol. The minimum Gasteiger partial charge on any atom is -0.406 e. The molecule has 0 unspecified atom stereocenters. The highest BCUT2D eigenvalue weighted by atomic mass is 16.4. The van der Waals surface area contributed by atoms with Crippen LogP contribution in [0, 0.1) is 0 Å². The van der Waals surface area contributed by atoms with Gasteiger partial charge in [0.25, 0.3) is 5.91 Å². The molecule has 0 atom stereocenters. The van der Waals surface area contributed by atoms with Gasteiger partial charge in [-0.15, -0.1) is 5.10 Å². The van der Waals surface area contributed by atoms with E-state index in [0.717, 1.165) is 9.80 Å². The van der Waals surface area contributed by atoms with Gasteiger partial charge in [0.2, 0.25) is 29.5 Å². The number of carbonyl (C=O) groups excluding carboxylic acids is 5. The van der Waals surface area contributed by atoms with Gasteiger partial charge in [0.15, 0.2) is 0 Å². The van der Waals surface area contributed by atoms with Crippen LogP contribution in [0.1, 0.15) is 41.9 Å². The number of amides is 5. The topological polar surface area (TPSA) is 143 Å². The van der Waals surface area contributed by atoms with Crippen molar-refractivity contribution >= 4 is 41.2 Å². The summed E-state index contributed by atoms with van der Waals surface area (Å²) in [5.74, 6) is -1.86. The molecule has 2 saturated heterocycles. The van der Waals surface area contributed by atoms with Crippen LogP contribution in [0.25, 0.3) is 0 Å². The second-order valence-electron chi connectivity index (χ2n) is 6.50. The van der Waals surface area contributed by atoms with Gasteiger partial charge in [-0.3, -0.25) is 39.1 Å². The summed E-state index contributed by atoms with van der Waals surface area (Å²) in [5, 5.41) is 9.81. The summed E-state index contributed by atoms with van der Waals surface area (Å²) in [6.07, 6.45) is 0.577. The molecule has 4 rings (SSSR count). The second-order valence-corrected chi connectivity index (χ2v) is 6.50. The highest BCUT2D eigenvalue weighted by molar-refractivity contribution is 6.20. The molecule has 0 spiro atoms. The third kappa shape index (κ3) is 3.61. The van der Waals surface area contributed by atoms with E-state index in [2.05, 4.69) is 15.5 Å². The zero-order valence-corrected chi connectivity index (χ0v) is 15.1. The molecule has 2 aromatic rings. The molecule has 11 nitrogen and oxygen atoms in total. The van der Waals surface area contributed by atoms with Gasteiger partial charge in [0, 0.05) is 31.2 Å². The molecule has 29 heavy (non-hydrogen) atoms. The number of nitrogens with zero attached hydrogens (tertiary/aromatic N) is 4. The summed E-state index contributed by atoms with van der Waals surface area (Å²) in [4.78, 5) is 61.5. The molecule has 0 saturated carbocycles. The minimum atomic E-state index is -0.588. The highest BCUT2D eigenvalue weighted by Crippen LogP contribution is 2.24. The first-order valence-electron chi connectivity index (χ1n) is 8.85. The van der Waals surface area contributed by atoms with Crippen LogP contribution in [-0.4, -0.2) is 44.6 Å². The summed E-state index contributed by atoms with van der Waals surface area (Å²) >= 11 is 0. The molecule has 1 aromatic heterocycles. The number of imide groups is 2. The number of likely N-dealkylation sites (tertiary alicyclic amines) is 1. The number of hydrogen-bond donors (Lipinski definition) is 1. The van der Waals surface area contributed by atoms with E-state index in [9.17, 15) is 24.0 Å². The fourth-order valence-corrected chi connectivity index (χ4v) is 3.12. The predicted octanol–water partition coefficient (Wildman–Crippen LogP) is 0.624. The Kier molecular flexibility index (Phi) is 4.63. The Morgan fingerprint density at radius 2 is 1.62 bits per heavy atom. The molecule has 1 aromatic carbocycles. The molecule has 0 aliphatic carbocycles. The zero-order chi connectivity index (χ0) is 20.5. The van der Waals surface area contributed by atoms with Crippen LogP contribution in [0.5, 0.6) is 0 Å². The number of rotatable bonds is 5. The van der Waals surface area contributed by atoms with Crippen molar-refractivity contribution in [2.45, 2.75) is 32.2 Å². The quantitative estimate of drug-likeness (QED) is 0.724. The van der Waals surface area contributed by atoms with E-state index in [4.69, 9.17) is 4.42 Å².